The van der Waals surface area contributed by atoms with E-state index in [1.165, 1.54) is 12.8 Å². The molecule has 0 spiro atoms. The van der Waals surface area contributed by atoms with E-state index < -0.39 is 0 Å². The molecule has 1 aromatic rings. The third kappa shape index (κ3) is 2.85. The van der Waals surface area contributed by atoms with Gasteiger partial charge in [0.25, 0.3) is 5.56 Å². The fourth-order valence-electron chi connectivity index (χ4n) is 3.61. The molecule has 0 bridgehead atoms. The molecule has 5 heteroatoms. The second kappa shape index (κ2) is 6.32. The van der Waals surface area contributed by atoms with Crippen molar-refractivity contribution in [1.82, 2.24) is 14.9 Å². The minimum absolute atomic E-state index is 0.0213. The number of nitrogens with one attached hydrogen (secondary N) is 1. The molecule has 2 aliphatic carbocycles. The number of fused-ring (bicyclic) bond motifs is 1. The number of nitrogens with zero attached hydrogens (tertiary/aromatic N) is 2. The maximum absolute atomic E-state index is 13.0. The van der Waals surface area contributed by atoms with Crippen LogP contribution in [0.5, 0.6) is 6.01 Å². The fourth-order valence-corrected chi connectivity index (χ4v) is 3.61. The van der Waals surface area contributed by atoms with E-state index in [-0.39, 0.29) is 11.7 Å². The molecule has 1 N–H and O–H groups in total. The fraction of sp³-hybridized carbons (Fsp3) is 0.556. The SMILES string of the molecule is O=c1c2c(nc(OC3CCCC3)n1C1=CCCC=C1)CCNC2. The topological polar surface area (TPSA) is 56.1 Å². The first-order valence-electron chi connectivity index (χ1n) is 8.72. The first-order chi connectivity index (χ1) is 11.3. The summed E-state index contributed by atoms with van der Waals surface area (Å²) in [4.78, 5) is 17.8. The Kier molecular flexibility index (Phi) is 4.04. The van der Waals surface area contributed by atoms with Crippen molar-refractivity contribution >= 4 is 5.70 Å². The largest absolute Gasteiger partial charge is 0.461 e. The monoisotopic (exact) mass is 313 g/mol. The van der Waals surface area contributed by atoms with Gasteiger partial charge < -0.3 is 10.1 Å². The predicted molar refractivity (Wildman–Crippen MR) is 89.4 cm³/mol. The van der Waals surface area contributed by atoms with Crippen molar-refractivity contribution in [3.05, 3.63) is 39.8 Å². The van der Waals surface area contributed by atoms with Crippen LogP contribution in [-0.2, 0) is 13.0 Å². The predicted octanol–water partition coefficient (Wildman–Crippen LogP) is 2.40. The van der Waals surface area contributed by atoms with Gasteiger partial charge in [-0.3, -0.25) is 4.79 Å². The molecule has 2 heterocycles. The quantitative estimate of drug-likeness (QED) is 0.931. The van der Waals surface area contributed by atoms with Gasteiger partial charge in [0.15, 0.2) is 0 Å². The van der Waals surface area contributed by atoms with Crippen LogP contribution >= 0.6 is 0 Å². The van der Waals surface area contributed by atoms with Crippen molar-refractivity contribution in [1.29, 1.82) is 0 Å². The summed E-state index contributed by atoms with van der Waals surface area (Å²) < 4.78 is 7.84. The Hall–Kier alpha value is -1.88. The van der Waals surface area contributed by atoms with Crippen molar-refractivity contribution in [2.45, 2.75) is 57.6 Å². The molecule has 0 unspecified atom stereocenters. The van der Waals surface area contributed by atoms with Gasteiger partial charge in [-0.1, -0.05) is 12.2 Å². The lowest BCUT2D eigenvalue weighted by atomic mass is 10.1. The molecule has 0 radical (unpaired) electrons. The van der Waals surface area contributed by atoms with Crippen LogP contribution in [-0.4, -0.2) is 22.2 Å². The highest BCUT2D eigenvalue weighted by Gasteiger charge is 2.24. The minimum atomic E-state index is 0.0213. The Labute approximate surface area is 136 Å². The van der Waals surface area contributed by atoms with E-state index >= 15 is 0 Å². The van der Waals surface area contributed by atoms with E-state index in [1.54, 1.807) is 4.57 Å². The Morgan fingerprint density at radius 2 is 2.13 bits per heavy atom. The summed E-state index contributed by atoms with van der Waals surface area (Å²) in [7, 11) is 0. The zero-order chi connectivity index (χ0) is 15.6. The molecule has 3 aliphatic rings. The van der Waals surface area contributed by atoms with Gasteiger partial charge in [-0.2, -0.15) is 0 Å². The summed E-state index contributed by atoms with van der Waals surface area (Å²) in [6.07, 6.45) is 13.7. The third-order valence-corrected chi connectivity index (χ3v) is 4.88. The van der Waals surface area contributed by atoms with Gasteiger partial charge in [-0.05, 0) is 44.6 Å². The van der Waals surface area contributed by atoms with Crippen molar-refractivity contribution in [3.8, 4) is 6.01 Å². The molecule has 1 saturated carbocycles. The summed E-state index contributed by atoms with van der Waals surface area (Å²) in [6, 6.07) is 0.486. The van der Waals surface area contributed by atoms with Gasteiger partial charge >= 0.3 is 6.01 Å². The van der Waals surface area contributed by atoms with Crippen LogP contribution in [0.1, 0.15) is 49.8 Å². The first-order valence-corrected chi connectivity index (χ1v) is 8.72. The molecule has 0 amide bonds. The van der Waals surface area contributed by atoms with Gasteiger partial charge in [0.05, 0.1) is 11.3 Å². The molecule has 1 fully saturated rings. The second-order valence-corrected chi connectivity index (χ2v) is 6.52. The number of aromatic nitrogens is 2. The smallest absolute Gasteiger partial charge is 0.304 e. The van der Waals surface area contributed by atoms with E-state index in [0.29, 0.717) is 12.6 Å². The lowest BCUT2D eigenvalue weighted by Gasteiger charge is -2.23. The highest BCUT2D eigenvalue weighted by molar-refractivity contribution is 5.60. The van der Waals surface area contributed by atoms with Crippen LogP contribution < -0.4 is 15.6 Å². The highest BCUT2D eigenvalue weighted by atomic mass is 16.5. The summed E-state index contributed by atoms with van der Waals surface area (Å²) >= 11 is 0. The molecule has 0 atom stereocenters. The normalized spacial score (nSPS) is 21.1. The van der Waals surface area contributed by atoms with Gasteiger partial charge in [-0.25, -0.2) is 9.55 Å². The van der Waals surface area contributed by atoms with Gasteiger partial charge in [0.2, 0.25) is 0 Å². The van der Waals surface area contributed by atoms with Crippen LogP contribution in [0.15, 0.2) is 23.0 Å². The maximum Gasteiger partial charge on any atom is 0.304 e. The Morgan fingerprint density at radius 3 is 2.91 bits per heavy atom. The zero-order valence-electron chi connectivity index (χ0n) is 13.4. The minimum Gasteiger partial charge on any atom is -0.461 e. The number of ether oxygens (including phenoxy) is 1. The molecular weight excluding hydrogens is 290 g/mol. The zero-order valence-corrected chi connectivity index (χ0v) is 13.4. The lowest BCUT2D eigenvalue weighted by Crippen LogP contribution is -2.36. The van der Waals surface area contributed by atoms with Crippen molar-refractivity contribution in [2.24, 2.45) is 0 Å². The van der Waals surface area contributed by atoms with E-state index in [9.17, 15) is 4.79 Å². The summed E-state index contributed by atoms with van der Waals surface area (Å²) in [5.41, 5.74) is 2.61. The number of rotatable bonds is 3. The molecule has 23 heavy (non-hydrogen) atoms. The Balaban J connectivity index is 1.81. The Morgan fingerprint density at radius 1 is 1.26 bits per heavy atom. The molecular formula is C18H23N3O2. The molecule has 0 aromatic carbocycles. The number of hydrogen-bond donors (Lipinski definition) is 1. The van der Waals surface area contributed by atoms with Gasteiger partial charge in [0, 0.05) is 25.2 Å². The maximum atomic E-state index is 13.0. The molecule has 1 aromatic heterocycles. The van der Waals surface area contributed by atoms with Crippen LogP contribution in [0.2, 0.25) is 0 Å². The Bertz CT molecular complexity index is 712. The molecule has 1 aliphatic heterocycles. The van der Waals surface area contributed by atoms with Crippen molar-refractivity contribution < 1.29 is 4.74 Å². The first kappa shape index (κ1) is 14.7. The van der Waals surface area contributed by atoms with E-state index in [1.807, 2.05) is 6.08 Å². The van der Waals surface area contributed by atoms with Crippen LogP contribution in [0.4, 0.5) is 0 Å². The lowest BCUT2D eigenvalue weighted by molar-refractivity contribution is 0.185. The van der Waals surface area contributed by atoms with Crippen molar-refractivity contribution in [2.75, 3.05) is 6.54 Å². The summed E-state index contributed by atoms with van der Waals surface area (Å²) in [6.45, 7) is 1.47. The van der Waals surface area contributed by atoms with E-state index in [0.717, 1.165) is 55.6 Å². The van der Waals surface area contributed by atoms with E-state index in [2.05, 4.69) is 17.5 Å². The summed E-state index contributed by atoms with van der Waals surface area (Å²) in [5.74, 6) is 0. The number of hydrogen-bond acceptors (Lipinski definition) is 4. The summed E-state index contributed by atoms with van der Waals surface area (Å²) in [5, 5.41) is 3.27. The van der Waals surface area contributed by atoms with Crippen molar-refractivity contribution in [3.63, 3.8) is 0 Å². The van der Waals surface area contributed by atoms with E-state index in [4.69, 9.17) is 9.72 Å². The number of allylic oxidation sites excluding steroid dienone is 4. The van der Waals surface area contributed by atoms with Crippen LogP contribution in [0.3, 0.4) is 0 Å². The molecule has 122 valence electrons. The van der Waals surface area contributed by atoms with Crippen LogP contribution in [0, 0.1) is 0 Å². The average molecular weight is 313 g/mol. The van der Waals surface area contributed by atoms with Gasteiger partial charge in [-0.15, -0.1) is 0 Å². The highest BCUT2D eigenvalue weighted by Crippen LogP contribution is 2.26. The molecule has 4 rings (SSSR count). The standard InChI is InChI=1S/C18H23N3O2/c22-17-15-12-19-11-10-16(15)20-18(23-14-8-4-5-9-14)21(17)13-6-2-1-3-7-13/h2,6-7,14,19H,1,3-5,8-12H2. The van der Waals surface area contributed by atoms with Crippen LogP contribution in [0.25, 0.3) is 5.70 Å². The molecule has 0 saturated heterocycles. The average Bonchev–Trinajstić information content (AvgIpc) is 3.09. The molecule has 5 nitrogen and oxygen atoms in total. The third-order valence-electron chi connectivity index (χ3n) is 4.88. The second-order valence-electron chi connectivity index (χ2n) is 6.52. The van der Waals surface area contributed by atoms with Gasteiger partial charge in [0.1, 0.15) is 6.10 Å².